The van der Waals surface area contributed by atoms with Crippen molar-refractivity contribution in [2.75, 3.05) is 11.9 Å². The maximum atomic E-state index is 11.9. The molecule has 0 saturated carbocycles. The number of amides is 2. The fourth-order valence-electron chi connectivity index (χ4n) is 2.30. The summed E-state index contributed by atoms with van der Waals surface area (Å²) in [6.07, 6.45) is 0.982. The molecular formula is C20H24N2O2. The Labute approximate surface area is 143 Å². The van der Waals surface area contributed by atoms with Gasteiger partial charge < -0.3 is 10.6 Å². The van der Waals surface area contributed by atoms with E-state index in [9.17, 15) is 9.59 Å². The van der Waals surface area contributed by atoms with Gasteiger partial charge >= 0.3 is 0 Å². The zero-order valence-electron chi connectivity index (χ0n) is 14.5. The van der Waals surface area contributed by atoms with Crippen LogP contribution in [0.5, 0.6) is 0 Å². The zero-order valence-corrected chi connectivity index (χ0v) is 14.5. The van der Waals surface area contributed by atoms with Gasteiger partial charge in [0.15, 0.2) is 0 Å². The summed E-state index contributed by atoms with van der Waals surface area (Å²) in [5.41, 5.74) is 4.92. The highest BCUT2D eigenvalue weighted by atomic mass is 16.2. The molecule has 0 heterocycles. The molecule has 0 bridgehead atoms. The molecule has 0 atom stereocenters. The number of carbonyl (C=O) groups excluding carboxylic acids is 2. The van der Waals surface area contributed by atoms with E-state index in [0.29, 0.717) is 24.9 Å². The average Bonchev–Trinajstić information content (AvgIpc) is 2.55. The van der Waals surface area contributed by atoms with Crippen LogP contribution in [-0.4, -0.2) is 18.4 Å². The molecule has 0 saturated heterocycles. The van der Waals surface area contributed by atoms with Crippen molar-refractivity contribution in [2.24, 2.45) is 0 Å². The van der Waals surface area contributed by atoms with Crippen molar-refractivity contribution in [1.82, 2.24) is 5.32 Å². The van der Waals surface area contributed by atoms with Gasteiger partial charge in [-0.05, 0) is 62.6 Å². The molecule has 2 amide bonds. The third kappa shape index (κ3) is 5.23. The summed E-state index contributed by atoms with van der Waals surface area (Å²) < 4.78 is 0. The number of hydrogen-bond donors (Lipinski definition) is 2. The van der Waals surface area contributed by atoms with Crippen LogP contribution in [0.4, 0.5) is 5.69 Å². The molecule has 2 aromatic rings. The lowest BCUT2D eigenvalue weighted by molar-refractivity contribution is -0.116. The molecule has 2 N–H and O–H groups in total. The van der Waals surface area contributed by atoms with E-state index in [2.05, 4.69) is 10.6 Å². The second-order valence-electron chi connectivity index (χ2n) is 6.07. The van der Waals surface area contributed by atoms with Crippen molar-refractivity contribution in [3.05, 3.63) is 64.7 Å². The Morgan fingerprint density at radius 3 is 2.29 bits per heavy atom. The van der Waals surface area contributed by atoms with Crippen LogP contribution in [0, 0.1) is 20.8 Å². The molecule has 2 aromatic carbocycles. The van der Waals surface area contributed by atoms with Crippen molar-refractivity contribution < 1.29 is 9.59 Å². The first kappa shape index (κ1) is 17.7. The van der Waals surface area contributed by atoms with E-state index in [0.717, 1.165) is 16.8 Å². The second kappa shape index (κ2) is 8.29. The van der Waals surface area contributed by atoms with Gasteiger partial charge in [0, 0.05) is 24.2 Å². The molecule has 126 valence electrons. The Bertz CT molecular complexity index is 721. The molecule has 0 aliphatic rings. The van der Waals surface area contributed by atoms with Gasteiger partial charge in [0.1, 0.15) is 0 Å². The maximum absolute atomic E-state index is 11.9. The van der Waals surface area contributed by atoms with Gasteiger partial charge in [0.05, 0.1) is 0 Å². The number of aryl methyl sites for hydroxylation is 3. The van der Waals surface area contributed by atoms with E-state index in [4.69, 9.17) is 0 Å². The van der Waals surface area contributed by atoms with Crippen molar-refractivity contribution in [3.63, 3.8) is 0 Å². The number of hydrogen-bond acceptors (Lipinski definition) is 2. The molecule has 2 rings (SSSR count). The van der Waals surface area contributed by atoms with Crippen molar-refractivity contribution >= 4 is 17.5 Å². The number of benzene rings is 2. The van der Waals surface area contributed by atoms with Gasteiger partial charge in [0.2, 0.25) is 5.91 Å². The highest BCUT2D eigenvalue weighted by Crippen LogP contribution is 2.14. The van der Waals surface area contributed by atoms with E-state index >= 15 is 0 Å². The van der Waals surface area contributed by atoms with E-state index in [-0.39, 0.29) is 11.8 Å². The monoisotopic (exact) mass is 324 g/mol. The Morgan fingerprint density at radius 2 is 1.62 bits per heavy atom. The molecule has 0 fully saturated rings. The molecule has 24 heavy (non-hydrogen) atoms. The van der Waals surface area contributed by atoms with Crippen LogP contribution in [0.15, 0.2) is 42.5 Å². The number of rotatable bonds is 6. The molecular weight excluding hydrogens is 300 g/mol. The van der Waals surface area contributed by atoms with Gasteiger partial charge in [0.25, 0.3) is 5.91 Å². The minimum atomic E-state index is -0.107. The van der Waals surface area contributed by atoms with Gasteiger partial charge in [-0.15, -0.1) is 0 Å². The van der Waals surface area contributed by atoms with Crippen molar-refractivity contribution in [2.45, 2.75) is 33.6 Å². The normalized spacial score (nSPS) is 10.3. The summed E-state index contributed by atoms with van der Waals surface area (Å²) >= 11 is 0. The van der Waals surface area contributed by atoms with Gasteiger partial charge in [-0.25, -0.2) is 0 Å². The molecule has 0 spiro atoms. The van der Waals surface area contributed by atoms with Crippen LogP contribution in [-0.2, 0) is 4.79 Å². The molecule has 0 aliphatic heterocycles. The maximum Gasteiger partial charge on any atom is 0.251 e. The highest BCUT2D eigenvalue weighted by Gasteiger charge is 2.06. The molecule has 0 radical (unpaired) electrons. The molecule has 0 unspecified atom stereocenters. The number of anilines is 1. The summed E-state index contributed by atoms with van der Waals surface area (Å²) in [5.74, 6) is -0.146. The van der Waals surface area contributed by atoms with Crippen LogP contribution >= 0.6 is 0 Å². The second-order valence-corrected chi connectivity index (χ2v) is 6.07. The molecule has 0 aliphatic carbocycles. The lowest BCUT2D eigenvalue weighted by Gasteiger charge is -2.08. The number of nitrogens with one attached hydrogen (secondary N) is 2. The summed E-state index contributed by atoms with van der Waals surface area (Å²) in [6, 6.07) is 13.3. The van der Waals surface area contributed by atoms with Gasteiger partial charge in [-0.1, -0.05) is 23.8 Å². The third-order valence-corrected chi connectivity index (χ3v) is 3.97. The molecule has 0 aromatic heterocycles. The van der Waals surface area contributed by atoms with Crippen LogP contribution in [0.3, 0.4) is 0 Å². The summed E-state index contributed by atoms with van der Waals surface area (Å²) in [6.45, 7) is 6.52. The van der Waals surface area contributed by atoms with Gasteiger partial charge in [-0.3, -0.25) is 9.59 Å². The first-order valence-electron chi connectivity index (χ1n) is 8.17. The Kier molecular flexibility index (Phi) is 6.13. The molecule has 4 heteroatoms. The fourth-order valence-corrected chi connectivity index (χ4v) is 2.30. The van der Waals surface area contributed by atoms with Gasteiger partial charge in [-0.2, -0.15) is 0 Å². The van der Waals surface area contributed by atoms with Crippen LogP contribution in [0.2, 0.25) is 0 Å². The summed E-state index contributed by atoms with van der Waals surface area (Å²) in [4.78, 5) is 23.9. The first-order valence-corrected chi connectivity index (χ1v) is 8.17. The van der Waals surface area contributed by atoms with Crippen LogP contribution < -0.4 is 10.6 Å². The average molecular weight is 324 g/mol. The fraction of sp³-hybridized carbons (Fsp3) is 0.300. The van der Waals surface area contributed by atoms with Crippen molar-refractivity contribution in [1.29, 1.82) is 0 Å². The quantitative estimate of drug-likeness (QED) is 0.795. The Balaban J connectivity index is 1.71. The topological polar surface area (TPSA) is 58.2 Å². The van der Waals surface area contributed by atoms with Crippen LogP contribution in [0.25, 0.3) is 0 Å². The number of carbonyl (C=O) groups is 2. The smallest absolute Gasteiger partial charge is 0.251 e. The minimum absolute atomic E-state index is 0.0390. The predicted octanol–water partition coefficient (Wildman–Crippen LogP) is 3.76. The Morgan fingerprint density at radius 1 is 0.917 bits per heavy atom. The summed E-state index contributed by atoms with van der Waals surface area (Å²) in [5, 5.41) is 5.72. The molecule has 4 nitrogen and oxygen atoms in total. The van der Waals surface area contributed by atoms with E-state index in [1.165, 1.54) is 5.56 Å². The van der Waals surface area contributed by atoms with E-state index < -0.39 is 0 Å². The predicted molar refractivity (Wildman–Crippen MR) is 97.3 cm³/mol. The van der Waals surface area contributed by atoms with Crippen molar-refractivity contribution in [3.8, 4) is 0 Å². The van der Waals surface area contributed by atoms with E-state index in [1.807, 2.05) is 51.1 Å². The SMILES string of the molecule is Cc1ccc(C(=O)NCCCC(=O)Nc2ccc(C)c(C)c2)cc1. The summed E-state index contributed by atoms with van der Waals surface area (Å²) in [7, 11) is 0. The zero-order chi connectivity index (χ0) is 17.5. The highest BCUT2D eigenvalue weighted by molar-refractivity contribution is 5.94. The van der Waals surface area contributed by atoms with Crippen LogP contribution in [0.1, 0.15) is 39.9 Å². The lowest BCUT2D eigenvalue weighted by atomic mass is 10.1. The standard InChI is InChI=1S/C20H24N2O2/c1-14-6-9-17(10-7-14)20(24)21-12-4-5-19(23)22-18-11-8-15(2)16(3)13-18/h6-11,13H,4-5,12H2,1-3H3,(H,21,24)(H,22,23). The lowest BCUT2D eigenvalue weighted by Crippen LogP contribution is -2.25. The minimum Gasteiger partial charge on any atom is -0.352 e. The largest absolute Gasteiger partial charge is 0.352 e. The first-order chi connectivity index (χ1) is 11.5. The van der Waals surface area contributed by atoms with E-state index in [1.54, 1.807) is 12.1 Å². The Hall–Kier alpha value is -2.62. The third-order valence-electron chi connectivity index (χ3n) is 3.97.